The maximum Gasteiger partial charge on any atom is 0.323 e. The van der Waals surface area contributed by atoms with Gasteiger partial charge >= 0.3 is 6.03 Å². The average Bonchev–Trinajstić information content (AvgIpc) is 2.29. The van der Waals surface area contributed by atoms with E-state index < -0.39 is 0 Å². The van der Waals surface area contributed by atoms with Crippen molar-refractivity contribution < 1.29 is 4.79 Å². The van der Waals surface area contributed by atoms with Crippen LogP contribution in [0.2, 0.25) is 0 Å². The first-order chi connectivity index (χ1) is 8.11. The van der Waals surface area contributed by atoms with Crippen molar-refractivity contribution >= 4 is 23.5 Å². The normalized spacial score (nSPS) is 9.00. The number of carbonyl (C=O) groups excluding carboxylic acids is 1. The van der Waals surface area contributed by atoms with Crippen LogP contribution in [0.25, 0.3) is 0 Å². The van der Waals surface area contributed by atoms with Crippen molar-refractivity contribution in [3.8, 4) is 5.40 Å². The average molecular weight is 247 g/mol. The number of amides is 2. The van der Waals surface area contributed by atoms with Crippen molar-refractivity contribution in [2.24, 2.45) is 0 Å². The van der Waals surface area contributed by atoms with E-state index in [2.05, 4.69) is 10.6 Å². The third kappa shape index (κ3) is 5.09. The molecule has 2 N–H and O–H groups in total. The molecule has 4 nitrogen and oxygen atoms in total. The smallest absolute Gasteiger partial charge is 0.314 e. The quantitative estimate of drug-likeness (QED) is 0.636. The SMILES string of the molecule is CC(C)=CNC(=O)Nc1ccc(SC#N)cc1. The first kappa shape index (κ1) is 13.1. The molecule has 0 aliphatic rings. The molecule has 2 amide bonds. The summed E-state index contributed by atoms with van der Waals surface area (Å²) in [6, 6.07) is 6.78. The molecule has 0 saturated heterocycles. The fraction of sp³-hybridized carbons (Fsp3) is 0.167. The summed E-state index contributed by atoms with van der Waals surface area (Å²) in [5, 5.41) is 15.7. The Balaban J connectivity index is 2.55. The lowest BCUT2D eigenvalue weighted by molar-refractivity contribution is 0.255. The van der Waals surface area contributed by atoms with E-state index in [4.69, 9.17) is 5.26 Å². The van der Waals surface area contributed by atoms with Crippen LogP contribution in [0.1, 0.15) is 13.8 Å². The first-order valence-corrected chi connectivity index (χ1v) is 5.80. The van der Waals surface area contributed by atoms with Crippen molar-refractivity contribution in [3.63, 3.8) is 0 Å². The Morgan fingerprint density at radius 3 is 2.53 bits per heavy atom. The molecule has 5 heteroatoms. The number of nitrogens with zero attached hydrogens (tertiary/aromatic N) is 1. The minimum absolute atomic E-state index is 0.285. The number of thioether (sulfide) groups is 1. The Morgan fingerprint density at radius 1 is 1.35 bits per heavy atom. The van der Waals surface area contributed by atoms with Crippen LogP contribution >= 0.6 is 11.8 Å². The number of nitrogens with one attached hydrogen (secondary N) is 2. The zero-order valence-corrected chi connectivity index (χ0v) is 10.5. The Kier molecular flexibility index (Phi) is 5.11. The van der Waals surface area contributed by atoms with Gasteiger partial charge in [-0.25, -0.2) is 4.79 Å². The molecule has 0 aliphatic carbocycles. The lowest BCUT2D eigenvalue weighted by atomic mass is 10.3. The maximum atomic E-state index is 11.4. The lowest BCUT2D eigenvalue weighted by Gasteiger charge is -2.05. The number of nitriles is 1. The molecule has 0 aliphatic heterocycles. The van der Waals surface area contributed by atoms with Crippen LogP contribution in [-0.4, -0.2) is 6.03 Å². The van der Waals surface area contributed by atoms with Gasteiger partial charge in [0.2, 0.25) is 0 Å². The number of carbonyl (C=O) groups is 1. The van der Waals surface area contributed by atoms with Gasteiger partial charge < -0.3 is 10.6 Å². The Labute approximate surface area is 105 Å². The van der Waals surface area contributed by atoms with Gasteiger partial charge in [-0.3, -0.25) is 0 Å². The van der Waals surface area contributed by atoms with Gasteiger partial charge in [-0.05, 0) is 49.9 Å². The van der Waals surface area contributed by atoms with Gasteiger partial charge in [0.05, 0.1) is 0 Å². The molecular formula is C12H13N3OS. The molecule has 0 atom stereocenters. The zero-order valence-electron chi connectivity index (χ0n) is 9.65. The summed E-state index contributed by atoms with van der Waals surface area (Å²) < 4.78 is 0. The van der Waals surface area contributed by atoms with Crippen LogP contribution in [-0.2, 0) is 0 Å². The molecule has 88 valence electrons. The molecule has 0 aromatic heterocycles. The molecule has 1 aromatic rings. The van der Waals surface area contributed by atoms with Crippen molar-refractivity contribution in [3.05, 3.63) is 36.0 Å². The Hall–Kier alpha value is -1.93. The fourth-order valence-corrected chi connectivity index (χ4v) is 1.41. The highest BCUT2D eigenvalue weighted by Gasteiger charge is 1.99. The van der Waals surface area contributed by atoms with E-state index in [-0.39, 0.29) is 6.03 Å². The van der Waals surface area contributed by atoms with Gasteiger partial charge in [-0.15, -0.1) is 0 Å². The van der Waals surface area contributed by atoms with Crippen molar-refractivity contribution in [1.29, 1.82) is 5.26 Å². The largest absolute Gasteiger partial charge is 0.323 e. The van der Waals surface area contributed by atoms with Crippen molar-refractivity contribution in [2.45, 2.75) is 18.7 Å². The summed E-state index contributed by atoms with van der Waals surface area (Å²) in [6.07, 6.45) is 1.63. The van der Waals surface area contributed by atoms with Crippen LogP contribution in [0, 0.1) is 10.7 Å². The van der Waals surface area contributed by atoms with Gasteiger partial charge in [0, 0.05) is 16.8 Å². The summed E-state index contributed by atoms with van der Waals surface area (Å²) in [6.45, 7) is 3.79. The van der Waals surface area contributed by atoms with Gasteiger partial charge in [0.25, 0.3) is 0 Å². The molecule has 1 rings (SSSR count). The molecule has 0 radical (unpaired) electrons. The monoisotopic (exact) mass is 247 g/mol. The molecule has 0 spiro atoms. The topological polar surface area (TPSA) is 64.9 Å². The number of allylic oxidation sites excluding steroid dienone is 1. The number of anilines is 1. The van der Waals surface area contributed by atoms with Crippen LogP contribution in [0.4, 0.5) is 10.5 Å². The van der Waals surface area contributed by atoms with Crippen LogP contribution in [0.5, 0.6) is 0 Å². The van der Waals surface area contributed by atoms with E-state index in [1.165, 1.54) is 0 Å². The van der Waals surface area contributed by atoms with Crippen molar-refractivity contribution in [2.75, 3.05) is 5.32 Å². The number of hydrogen-bond acceptors (Lipinski definition) is 3. The number of hydrogen-bond donors (Lipinski definition) is 2. The minimum atomic E-state index is -0.285. The second-order valence-corrected chi connectivity index (χ2v) is 4.40. The third-order valence-corrected chi connectivity index (χ3v) is 2.37. The zero-order chi connectivity index (χ0) is 12.7. The van der Waals surface area contributed by atoms with E-state index in [9.17, 15) is 4.79 Å². The first-order valence-electron chi connectivity index (χ1n) is 4.98. The van der Waals surface area contributed by atoms with E-state index >= 15 is 0 Å². The molecule has 0 saturated carbocycles. The van der Waals surface area contributed by atoms with E-state index in [1.54, 1.807) is 30.5 Å². The number of urea groups is 1. The number of thiocyanates is 1. The predicted molar refractivity (Wildman–Crippen MR) is 69.5 cm³/mol. The van der Waals surface area contributed by atoms with Gasteiger partial charge in [-0.2, -0.15) is 5.26 Å². The highest BCUT2D eigenvalue weighted by Crippen LogP contribution is 2.18. The van der Waals surface area contributed by atoms with Gasteiger partial charge in [0.15, 0.2) is 0 Å². The maximum absolute atomic E-state index is 11.4. The fourth-order valence-electron chi connectivity index (χ4n) is 1.04. The third-order valence-electron chi connectivity index (χ3n) is 1.77. The highest BCUT2D eigenvalue weighted by molar-refractivity contribution is 8.03. The summed E-state index contributed by atoms with van der Waals surface area (Å²) in [5.74, 6) is 0. The highest BCUT2D eigenvalue weighted by atomic mass is 32.2. The number of benzene rings is 1. The van der Waals surface area contributed by atoms with E-state index in [1.807, 2.05) is 19.2 Å². The molecular weight excluding hydrogens is 234 g/mol. The molecule has 0 fully saturated rings. The molecule has 0 bridgehead atoms. The Bertz CT molecular complexity index is 456. The number of rotatable bonds is 3. The van der Waals surface area contributed by atoms with Crippen LogP contribution < -0.4 is 10.6 Å². The summed E-state index contributed by atoms with van der Waals surface area (Å²) in [7, 11) is 0. The summed E-state index contributed by atoms with van der Waals surface area (Å²) >= 11 is 1.08. The summed E-state index contributed by atoms with van der Waals surface area (Å²) in [4.78, 5) is 12.3. The van der Waals surface area contributed by atoms with E-state index in [0.29, 0.717) is 5.69 Å². The van der Waals surface area contributed by atoms with Crippen LogP contribution in [0.15, 0.2) is 40.9 Å². The second kappa shape index (κ2) is 6.61. The lowest BCUT2D eigenvalue weighted by Crippen LogP contribution is -2.24. The Morgan fingerprint density at radius 2 is 2.00 bits per heavy atom. The minimum Gasteiger partial charge on any atom is -0.314 e. The van der Waals surface area contributed by atoms with Crippen molar-refractivity contribution in [1.82, 2.24) is 5.32 Å². The molecule has 1 aromatic carbocycles. The summed E-state index contributed by atoms with van der Waals surface area (Å²) in [5.41, 5.74) is 1.70. The standard InChI is InChI=1S/C12H13N3OS/c1-9(2)7-14-12(16)15-10-3-5-11(6-4-10)17-8-13/h3-7H,1-2H3,(H2,14,15,16). The molecule has 0 unspecified atom stereocenters. The van der Waals surface area contributed by atoms with Gasteiger partial charge in [0.1, 0.15) is 5.40 Å². The molecule has 0 heterocycles. The molecule has 17 heavy (non-hydrogen) atoms. The van der Waals surface area contributed by atoms with E-state index in [0.717, 1.165) is 22.2 Å². The van der Waals surface area contributed by atoms with Gasteiger partial charge in [-0.1, -0.05) is 5.57 Å². The van der Waals surface area contributed by atoms with Crippen LogP contribution in [0.3, 0.4) is 0 Å². The second-order valence-electron chi connectivity index (χ2n) is 3.54. The predicted octanol–water partition coefficient (Wildman–Crippen LogP) is 3.30.